The number of carbonyl (C=O) groups is 1. The molecule has 0 N–H and O–H groups in total. The highest BCUT2D eigenvalue weighted by Crippen LogP contribution is 2.43. The van der Waals surface area contributed by atoms with Gasteiger partial charge in [-0.3, -0.25) is 14.5 Å². The molecule has 3 aromatic rings. The minimum Gasteiger partial charge on any atom is -0.309 e. The van der Waals surface area contributed by atoms with Crippen molar-refractivity contribution in [3.63, 3.8) is 0 Å². The predicted molar refractivity (Wildman–Crippen MR) is 115 cm³/mol. The summed E-state index contributed by atoms with van der Waals surface area (Å²) in [5.41, 5.74) is 2.16. The van der Waals surface area contributed by atoms with E-state index in [2.05, 4.69) is 6.58 Å². The Balaban J connectivity index is 1.76. The van der Waals surface area contributed by atoms with Crippen LogP contribution in [0.3, 0.4) is 0 Å². The molecule has 2 aromatic carbocycles. The number of rotatable bonds is 6. The molecule has 0 radical (unpaired) electrons. The highest BCUT2D eigenvalue weighted by Gasteiger charge is 2.30. The van der Waals surface area contributed by atoms with Crippen LogP contribution in [0.5, 0.6) is 0 Å². The lowest BCUT2D eigenvalue weighted by Crippen LogP contribution is -2.21. The molecule has 1 aromatic heterocycles. The molecule has 1 amide bonds. The molecule has 4 rings (SSSR count). The molecule has 1 saturated carbocycles. The molecule has 1 fully saturated rings. The van der Waals surface area contributed by atoms with Gasteiger partial charge in [0.1, 0.15) is 0 Å². The molecule has 0 bridgehead atoms. The number of alkyl halides is 3. The summed E-state index contributed by atoms with van der Waals surface area (Å²) < 4.78 is 40.2. The predicted octanol–water partition coefficient (Wildman–Crippen LogP) is 5.55. The lowest BCUT2D eigenvalue weighted by atomic mass is 10.0. The van der Waals surface area contributed by atoms with Gasteiger partial charge in [-0.05, 0) is 67.1 Å². The van der Waals surface area contributed by atoms with E-state index in [9.17, 15) is 22.8 Å². The Hall–Kier alpha value is -3.35. The van der Waals surface area contributed by atoms with Crippen molar-refractivity contribution in [2.45, 2.75) is 38.4 Å². The second kappa shape index (κ2) is 7.72. The first-order chi connectivity index (χ1) is 14.7. The minimum atomic E-state index is -4.43. The van der Waals surface area contributed by atoms with Gasteiger partial charge in [-0.15, -0.1) is 0 Å². The molecule has 160 valence electrons. The largest absolute Gasteiger partial charge is 0.416 e. The van der Waals surface area contributed by atoms with E-state index in [4.69, 9.17) is 0 Å². The minimum absolute atomic E-state index is 0.0499. The van der Waals surface area contributed by atoms with E-state index in [1.54, 1.807) is 22.8 Å². The third-order valence-corrected chi connectivity index (χ3v) is 5.68. The van der Waals surface area contributed by atoms with Crippen LogP contribution in [0.2, 0.25) is 0 Å². The van der Waals surface area contributed by atoms with Gasteiger partial charge >= 0.3 is 6.18 Å². The van der Waals surface area contributed by atoms with E-state index in [1.165, 1.54) is 17.0 Å². The fourth-order valence-electron chi connectivity index (χ4n) is 3.88. The maximum atomic E-state index is 12.8. The molecule has 4 nitrogen and oxygen atoms in total. The van der Waals surface area contributed by atoms with E-state index in [0.29, 0.717) is 30.1 Å². The summed E-state index contributed by atoms with van der Waals surface area (Å²) in [6, 6.07) is 11.6. The molecular weight excluding hydrogens is 405 g/mol. The fourth-order valence-corrected chi connectivity index (χ4v) is 3.88. The van der Waals surface area contributed by atoms with Gasteiger partial charge in [0, 0.05) is 29.4 Å². The van der Waals surface area contributed by atoms with Crippen molar-refractivity contribution in [2.75, 3.05) is 4.90 Å². The molecule has 1 heterocycles. The zero-order valence-corrected chi connectivity index (χ0v) is 16.9. The van der Waals surface area contributed by atoms with Gasteiger partial charge in [-0.25, -0.2) is 0 Å². The lowest BCUT2D eigenvalue weighted by Gasteiger charge is -2.22. The van der Waals surface area contributed by atoms with Crippen LogP contribution in [0.15, 0.2) is 59.9 Å². The number of aryl methyl sites for hydroxylation is 1. The number of fused-ring (bicyclic) bond motifs is 1. The van der Waals surface area contributed by atoms with E-state index in [1.807, 2.05) is 13.0 Å². The average Bonchev–Trinajstić information content (AvgIpc) is 3.58. The van der Waals surface area contributed by atoms with Crippen molar-refractivity contribution in [3.05, 3.63) is 82.2 Å². The normalized spacial score (nSPS) is 13.9. The quantitative estimate of drug-likeness (QED) is 0.485. The maximum absolute atomic E-state index is 12.8. The molecule has 0 spiro atoms. The van der Waals surface area contributed by atoms with E-state index in [-0.39, 0.29) is 11.3 Å². The van der Waals surface area contributed by atoms with Gasteiger partial charge in [-0.1, -0.05) is 18.7 Å². The van der Waals surface area contributed by atoms with Crippen molar-refractivity contribution >= 4 is 28.7 Å². The monoisotopic (exact) mass is 426 g/mol. The van der Waals surface area contributed by atoms with Gasteiger partial charge < -0.3 is 4.57 Å². The van der Waals surface area contributed by atoms with Gasteiger partial charge in [0.25, 0.3) is 5.56 Å². The number of aromatic nitrogens is 1. The first-order valence-electron chi connectivity index (χ1n) is 10.0. The van der Waals surface area contributed by atoms with Crippen LogP contribution in [0.25, 0.3) is 16.6 Å². The number of amides is 1. The maximum Gasteiger partial charge on any atom is 0.416 e. The summed E-state index contributed by atoms with van der Waals surface area (Å²) in [5.74, 6) is 0.333. The number of carbonyl (C=O) groups excluding carboxylic acids is 1. The molecule has 0 unspecified atom stereocenters. The Labute approximate surface area is 177 Å². The van der Waals surface area contributed by atoms with Gasteiger partial charge in [-0.2, -0.15) is 13.2 Å². The second-order valence-corrected chi connectivity index (χ2v) is 7.66. The van der Waals surface area contributed by atoms with E-state index < -0.39 is 11.7 Å². The molecule has 31 heavy (non-hydrogen) atoms. The number of anilines is 1. The van der Waals surface area contributed by atoms with Crippen LogP contribution < -0.4 is 10.5 Å². The van der Waals surface area contributed by atoms with Crippen LogP contribution in [-0.4, -0.2) is 11.0 Å². The number of nitrogens with zero attached hydrogens (tertiary/aromatic N) is 2. The average molecular weight is 426 g/mol. The molecule has 7 heteroatoms. The van der Waals surface area contributed by atoms with E-state index in [0.717, 1.165) is 41.4 Å². The van der Waals surface area contributed by atoms with E-state index >= 15 is 0 Å². The molecular formula is C24H21F3N2O2. The highest BCUT2D eigenvalue weighted by atomic mass is 19.4. The third-order valence-electron chi connectivity index (χ3n) is 5.68. The molecule has 0 aliphatic heterocycles. The zero-order chi connectivity index (χ0) is 22.3. The van der Waals surface area contributed by atoms with Crippen LogP contribution in [0, 0.1) is 0 Å². The lowest BCUT2D eigenvalue weighted by molar-refractivity contribution is -0.137. The fraction of sp³-hybridized carbons (Fsp3) is 0.250. The third kappa shape index (κ3) is 3.87. The standard InChI is InChI=1S/C24H21F3N2O2/c1-3-28-22-11-10-19(12-21(22)20(13-23(28)31)17-4-5-17)29(14-30)15(2)16-6-8-18(9-7-16)24(25,26)27/h6-14,17H,2-5H2,1H3. The molecule has 1 aliphatic rings. The first kappa shape index (κ1) is 20.9. The molecule has 1 aliphatic carbocycles. The van der Waals surface area contributed by atoms with Crippen molar-refractivity contribution in [1.82, 2.24) is 4.57 Å². The Morgan fingerprint density at radius 2 is 1.84 bits per heavy atom. The Morgan fingerprint density at radius 1 is 1.16 bits per heavy atom. The van der Waals surface area contributed by atoms with Crippen LogP contribution in [0.4, 0.5) is 18.9 Å². The summed E-state index contributed by atoms with van der Waals surface area (Å²) in [6.07, 6.45) is -1.81. The summed E-state index contributed by atoms with van der Waals surface area (Å²) in [4.78, 5) is 25.7. The number of benzene rings is 2. The SMILES string of the molecule is C=C(c1ccc(C(F)(F)F)cc1)N(C=O)c1ccc2c(c1)c(C1CC1)cc(=O)n2CC. The van der Waals surface area contributed by atoms with Crippen LogP contribution in [-0.2, 0) is 17.5 Å². The zero-order valence-electron chi connectivity index (χ0n) is 16.9. The van der Waals surface area contributed by atoms with Crippen molar-refractivity contribution in [1.29, 1.82) is 0 Å². The van der Waals surface area contributed by atoms with Crippen molar-refractivity contribution in [2.24, 2.45) is 0 Å². The Bertz CT molecular complexity index is 1220. The van der Waals surface area contributed by atoms with Crippen LogP contribution >= 0.6 is 0 Å². The van der Waals surface area contributed by atoms with Crippen molar-refractivity contribution in [3.8, 4) is 0 Å². The summed E-state index contributed by atoms with van der Waals surface area (Å²) >= 11 is 0. The molecule has 0 saturated heterocycles. The Morgan fingerprint density at radius 3 is 2.39 bits per heavy atom. The smallest absolute Gasteiger partial charge is 0.309 e. The number of hydrogen-bond acceptors (Lipinski definition) is 2. The summed E-state index contributed by atoms with van der Waals surface area (Å²) in [6.45, 7) is 6.34. The van der Waals surface area contributed by atoms with Gasteiger partial charge in [0.15, 0.2) is 0 Å². The van der Waals surface area contributed by atoms with Crippen molar-refractivity contribution < 1.29 is 18.0 Å². The molecule has 0 atom stereocenters. The van der Waals surface area contributed by atoms with Crippen LogP contribution in [0.1, 0.15) is 42.4 Å². The summed E-state index contributed by atoms with van der Waals surface area (Å²) in [5, 5.41) is 0.897. The first-order valence-corrected chi connectivity index (χ1v) is 10.0. The summed E-state index contributed by atoms with van der Waals surface area (Å²) in [7, 11) is 0. The Kier molecular flexibility index (Phi) is 5.21. The van der Waals surface area contributed by atoms with Gasteiger partial charge in [0.05, 0.1) is 11.1 Å². The highest BCUT2D eigenvalue weighted by molar-refractivity contribution is 5.98. The van der Waals surface area contributed by atoms with Gasteiger partial charge in [0.2, 0.25) is 6.41 Å². The number of halogens is 3. The second-order valence-electron chi connectivity index (χ2n) is 7.66. The topological polar surface area (TPSA) is 42.3 Å². The number of hydrogen-bond donors (Lipinski definition) is 0. The number of pyridine rings is 1.